The van der Waals surface area contributed by atoms with Crippen molar-refractivity contribution in [1.29, 1.82) is 0 Å². The van der Waals surface area contributed by atoms with E-state index in [1.54, 1.807) is 0 Å². The third kappa shape index (κ3) is 1.52. The third-order valence-corrected chi connectivity index (χ3v) is 2.15. The van der Waals surface area contributed by atoms with Gasteiger partial charge in [0.2, 0.25) is 0 Å². The van der Waals surface area contributed by atoms with Crippen LogP contribution in [0, 0.1) is 0 Å². The molecule has 0 bridgehead atoms. The molecule has 0 spiro atoms. The first-order chi connectivity index (χ1) is 5.04. The van der Waals surface area contributed by atoms with E-state index in [4.69, 9.17) is 21.7 Å². The Morgan fingerprint density at radius 3 is 2.09 bits per heavy atom. The minimum atomic E-state index is -1.16. The second-order valence-corrected chi connectivity index (χ2v) is 3.03. The highest BCUT2D eigenvalue weighted by molar-refractivity contribution is 4.96. The standard InChI is InChI=1S/C6H14N2O3/c7-2-1-3(9)5(10)6(11)4(2)8/h2-6,9-11H,1,7-8H2/t2-,3-,4+,5+,6-/m0/s1. The lowest BCUT2D eigenvalue weighted by atomic mass is 9.85. The van der Waals surface area contributed by atoms with Crippen LogP contribution in [-0.2, 0) is 0 Å². The molecule has 1 rings (SSSR count). The molecule has 0 heterocycles. The Kier molecular flexibility index (Phi) is 2.46. The van der Waals surface area contributed by atoms with Gasteiger partial charge in [-0.05, 0) is 6.42 Å². The first-order valence-corrected chi connectivity index (χ1v) is 3.59. The lowest BCUT2D eigenvalue weighted by molar-refractivity contribution is -0.0976. The molecule has 0 aromatic heterocycles. The molecule has 11 heavy (non-hydrogen) atoms. The van der Waals surface area contributed by atoms with Gasteiger partial charge in [0.15, 0.2) is 0 Å². The second kappa shape index (κ2) is 3.04. The highest BCUT2D eigenvalue weighted by Gasteiger charge is 2.38. The lowest BCUT2D eigenvalue weighted by Gasteiger charge is -2.37. The van der Waals surface area contributed by atoms with Crippen molar-refractivity contribution in [2.24, 2.45) is 11.5 Å². The SMILES string of the molecule is N[C@H]1[C@H](O)[C@H](O)[C@@H](O)C[C@@H]1N. The predicted molar refractivity (Wildman–Crippen MR) is 38.6 cm³/mol. The Hall–Kier alpha value is -0.200. The van der Waals surface area contributed by atoms with E-state index in [0.29, 0.717) is 0 Å². The van der Waals surface area contributed by atoms with Crippen LogP contribution in [0.3, 0.4) is 0 Å². The van der Waals surface area contributed by atoms with E-state index in [1.165, 1.54) is 0 Å². The predicted octanol–water partition coefficient (Wildman–Crippen LogP) is -2.87. The molecule has 66 valence electrons. The van der Waals surface area contributed by atoms with E-state index >= 15 is 0 Å². The van der Waals surface area contributed by atoms with Crippen molar-refractivity contribution in [2.75, 3.05) is 0 Å². The van der Waals surface area contributed by atoms with Gasteiger partial charge < -0.3 is 26.8 Å². The van der Waals surface area contributed by atoms with Crippen molar-refractivity contribution < 1.29 is 15.3 Å². The van der Waals surface area contributed by atoms with Crippen molar-refractivity contribution in [1.82, 2.24) is 0 Å². The molecule has 0 unspecified atom stereocenters. The maximum absolute atomic E-state index is 9.17. The van der Waals surface area contributed by atoms with E-state index < -0.39 is 30.4 Å². The second-order valence-electron chi connectivity index (χ2n) is 3.03. The maximum atomic E-state index is 9.17. The molecule has 1 aliphatic carbocycles. The van der Waals surface area contributed by atoms with Gasteiger partial charge in [-0.15, -0.1) is 0 Å². The summed E-state index contributed by atoms with van der Waals surface area (Å²) in [5.74, 6) is 0. The molecule has 5 atom stereocenters. The Bertz CT molecular complexity index is 130. The van der Waals surface area contributed by atoms with Crippen LogP contribution in [0.1, 0.15) is 6.42 Å². The number of aliphatic hydroxyl groups is 3. The molecule has 1 fully saturated rings. The van der Waals surface area contributed by atoms with E-state index in [1.807, 2.05) is 0 Å². The third-order valence-electron chi connectivity index (χ3n) is 2.15. The summed E-state index contributed by atoms with van der Waals surface area (Å²) in [6, 6.07) is -1.09. The highest BCUT2D eigenvalue weighted by Crippen LogP contribution is 2.17. The van der Waals surface area contributed by atoms with E-state index in [2.05, 4.69) is 0 Å². The zero-order valence-corrected chi connectivity index (χ0v) is 6.09. The van der Waals surface area contributed by atoms with Crippen molar-refractivity contribution in [3.8, 4) is 0 Å². The van der Waals surface area contributed by atoms with Crippen LogP contribution in [0.15, 0.2) is 0 Å². The number of aliphatic hydroxyl groups excluding tert-OH is 3. The van der Waals surface area contributed by atoms with Crippen molar-refractivity contribution in [2.45, 2.75) is 36.8 Å². The summed E-state index contributed by atoms with van der Waals surface area (Å²) in [7, 11) is 0. The molecule has 5 heteroatoms. The smallest absolute Gasteiger partial charge is 0.107 e. The van der Waals surface area contributed by atoms with Gasteiger partial charge in [0.05, 0.1) is 12.2 Å². The first kappa shape index (κ1) is 8.89. The molecule has 0 amide bonds. The molecular weight excluding hydrogens is 148 g/mol. The summed E-state index contributed by atoms with van der Waals surface area (Å²) < 4.78 is 0. The van der Waals surface area contributed by atoms with Crippen LogP contribution in [0.25, 0.3) is 0 Å². The van der Waals surface area contributed by atoms with Crippen LogP contribution in [0.4, 0.5) is 0 Å². The molecule has 0 radical (unpaired) electrons. The minimum absolute atomic E-state index is 0.236. The molecule has 7 N–H and O–H groups in total. The molecule has 0 aliphatic heterocycles. The maximum Gasteiger partial charge on any atom is 0.107 e. The molecule has 0 aromatic rings. The monoisotopic (exact) mass is 162 g/mol. The Morgan fingerprint density at radius 2 is 1.55 bits per heavy atom. The Balaban J connectivity index is 2.63. The topological polar surface area (TPSA) is 113 Å². The van der Waals surface area contributed by atoms with E-state index in [0.717, 1.165) is 0 Å². The average molecular weight is 162 g/mol. The van der Waals surface area contributed by atoms with Crippen LogP contribution in [0.2, 0.25) is 0 Å². The van der Waals surface area contributed by atoms with Gasteiger partial charge in [0, 0.05) is 12.1 Å². The summed E-state index contributed by atoms with van der Waals surface area (Å²) in [4.78, 5) is 0. The van der Waals surface area contributed by atoms with Crippen molar-refractivity contribution >= 4 is 0 Å². The fourth-order valence-electron chi connectivity index (χ4n) is 1.28. The summed E-state index contributed by atoms with van der Waals surface area (Å²) in [5.41, 5.74) is 10.9. The highest BCUT2D eigenvalue weighted by atomic mass is 16.4. The van der Waals surface area contributed by atoms with Crippen LogP contribution in [-0.4, -0.2) is 45.7 Å². The molecule has 5 nitrogen and oxygen atoms in total. The van der Waals surface area contributed by atoms with Gasteiger partial charge in [-0.25, -0.2) is 0 Å². The normalized spacial score (nSPS) is 52.6. The number of rotatable bonds is 0. The molecule has 1 aliphatic rings. The van der Waals surface area contributed by atoms with Crippen LogP contribution < -0.4 is 11.5 Å². The summed E-state index contributed by atoms with van der Waals surface area (Å²) in [6.45, 7) is 0. The quantitative estimate of drug-likeness (QED) is 0.263. The summed E-state index contributed by atoms with van der Waals surface area (Å²) in [6.07, 6.45) is -3.00. The fourth-order valence-corrected chi connectivity index (χ4v) is 1.28. The minimum Gasteiger partial charge on any atom is -0.390 e. The van der Waals surface area contributed by atoms with Crippen molar-refractivity contribution in [3.05, 3.63) is 0 Å². The average Bonchev–Trinajstić information content (AvgIpc) is 1.97. The van der Waals surface area contributed by atoms with E-state index in [9.17, 15) is 5.11 Å². The number of hydrogen-bond acceptors (Lipinski definition) is 5. The van der Waals surface area contributed by atoms with Crippen molar-refractivity contribution in [3.63, 3.8) is 0 Å². The number of nitrogens with two attached hydrogens (primary N) is 2. The van der Waals surface area contributed by atoms with Crippen LogP contribution >= 0.6 is 0 Å². The lowest BCUT2D eigenvalue weighted by Crippen LogP contribution is -2.62. The fraction of sp³-hybridized carbons (Fsp3) is 1.00. The summed E-state index contributed by atoms with van der Waals surface area (Å²) >= 11 is 0. The largest absolute Gasteiger partial charge is 0.390 e. The zero-order chi connectivity index (χ0) is 8.59. The zero-order valence-electron chi connectivity index (χ0n) is 6.09. The molecule has 0 saturated heterocycles. The Morgan fingerprint density at radius 1 is 1.00 bits per heavy atom. The van der Waals surface area contributed by atoms with Crippen LogP contribution in [0.5, 0.6) is 0 Å². The number of hydrogen-bond donors (Lipinski definition) is 5. The van der Waals surface area contributed by atoms with Gasteiger partial charge in [-0.3, -0.25) is 0 Å². The molecule has 0 aromatic carbocycles. The first-order valence-electron chi connectivity index (χ1n) is 3.59. The van der Waals surface area contributed by atoms with Gasteiger partial charge in [-0.1, -0.05) is 0 Å². The van der Waals surface area contributed by atoms with Gasteiger partial charge >= 0.3 is 0 Å². The van der Waals surface area contributed by atoms with Gasteiger partial charge in [0.25, 0.3) is 0 Å². The molecular formula is C6H14N2O3. The van der Waals surface area contributed by atoms with Gasteiger partial charge in [-0.2, -0.15) is 0 Å². The summed E-state index contributed by atoms with van der Waals surface area (Å²) in [5, 5.41) is 27.4. The van der Waals surface area contributed by atoms with Gasteiger partial charge in [0.1, 0.15) is 6.10 Å². The van der Waals surface area contributed by atoms with E-state index in [-0.39, 0.29) is 6.42 Å². The molecule has 1 saturated carbocycles. The Labute approximate surface area is 64.6 Å².